The smallest absolute Gasteiger partial charge is 0.187 e. The lowest BCUT2D eigenvalue weighted by Crippen LogP contribution is -2.72. The number of fused-ring (bicyclic) bond motifs is 2. The van der Waals surface area contributed by atoms with E-state index in [1.807, 2.05) is 0 Å². The van der Waals surface area contributed by atoms with Crippen molar-refractivity contribution in [1.82, 2.24) is 0 Å². The van der Waals surface area contributed by atoms with Gasteiger partial charge in [-0.2, -0.15) is 0 Å². The normalized spacial score (nSPS) is 57.7. The minimum Gasteiger partial charge on any atom is -0.396 e. The van der Waals surface area contributed by atoms with Gasteiger partial charge in [-0.3, -0.25) is 4.79 Å². The number of epoxide rings is 1. The molecule has 5 rings (SSSR count). The average molecular weight is 474 g/mol. The van der Waals surface area contributed by atoms with E-state index in [0.29, 0.717) is 0 Å². The summed E-state index contributed by atoms with van der Waals surface area (Å²) in [6.07, 6.45) is -12.5. The van der Waals surface area contributed by atoms with Gasteiger partial charge in [0.05, 0.1) is 37.4 Å². The topological polar surface area (TPSA) is 199 Å². The molecule has 0 aromatic carbocycles. The maximum atomic E-state index is 12.7. The first-order chi connectivity index (χ1) is 15.5. The Morgan fingerprint density at radius 1 is 1.09 bits per heavy atom. The SMILES string of the molecule is CC1=C[C@H]2O[C@@H]3[C@H](O[C@@H]4O[C@H](CO)[C@@H](O)[C@H](O)[C@H]4O)C(O)[C@@](C)([C@@]2(CO)[C@H](O)C1=O)[C@]31CO1. The summed E-state index contributed by atoms with van der Waals surface area (Å²) >= 11 is 0. The highest BCUT2D eigenvalue weighted by molar-refractivity contribution is 6.00. The lowest BCUT2D eigenvalue weighted by atomic mass is 9.50. The number of hydrogen-bond acceptors (Lipinski definition) is 12. The molecule has 3 saturated heterocycles. The summed E-state index contributed by atoms with van der Waals surface area (Å²) in [6.45, 7) is 1.89. The van der Waals surface area contributed by atoms with Crippen LogP contribution in [0.1, 0.15) is 13.8 Å². The molecule has 12 nitrogen and oxygen atoms in total. The van der Waals surface area contributed by atoms with Gasteiger partial charge in [0.15, 0.2) is 12.1 Å². The molecule has 0 aromatic rings. The Kier molecular flexibility index (Phi) is 5.37. The Hall–Kier alpha value is -1.03. The van der Waals surface area contributed by atoms with E-state index in [-0.39, 0.29) is 12.2 Å². The molecule has 1 spiro atoms. The van der Waals surface area contributed by atoms with Gasteiger partial charge in [-0.25, -0.2) is 0 Å². The van der Waals surface area contributed by atoms with Crippen molar-refractivity contribution < 1.29 is 59.5 Å². The molecule has 0 amide bonds. The van der Waals surface area contributed by atoms with E-state index in [0.717, 1.165) is 0 Å². The van der Waals surface area contributed by atoms with Gasteiger partial charge < -0.3 is 54.7 Å². The van der Waals surface area contributed by atoms with E-state index in [4.69, 9.17) is 18.9 Å². The fourth-order valence-electron chi connectivity index (χ4n) is 6.49. The number of hydrogen-bond donors (Lipinski definition) is 7. The standard InChI is InChI=1S/C21H30O12/c1-7-3-9-20(5-23,15(28)10(7)24)19(2)16(29)14(17(32-9)21(19)6-30-21)33-18-13(27)12(26)11(25)8(4-22)31-18/h3,8-9,11-18,22-23,25-29H,4-6H2,1-2H3/t8-,9-,11-,12+,13-,14-,15-,16?,17-,18+,19+,20-,21+/m1/s1. The molecule has 1 unspecified atom stereocenters. The van der Waals surface area contributed by atoms with Crippen molar-refractivity contribution in [2.75, 3.05) is 19.8 Å². The van der Waals surface area contributed by atoms with E-state index in [2.05, 4.69) is 0 Å². The fraction of sp³-hybridized carbons (Fsp3) is 0.857. The molecule has 1 saturated carbocycles. The van der Waals surface area contributed by atoms with Gasteiger partial charge in [-0.05, 0) is 18.6 Å². The third-order valence-electron chi connectivity index (χ3n) is 8.69. The van der Waals surface area contributed by atoms with Gasteiger partial charge in [-0.15, -0.1) is 0 Å². The number of aliphatic hydroxyl groups excluding tert-OH is 7. The highest BCUT2D eigenvalue weighted by Crippen LogP contribution is 2.71. The molecule has 3 heterocycles. The third kappa shape index (κ3) is 2.65. The molecule has 7 N–H and O–H groups in total. The van der Waals surface area contributed by atoms with Gasteiger partial charge in [0.25, 0.3) is 0 Å². The summed E-state index contributed by atoms with van der Waals surface area (Å²) in [6, 6.07) is 0. The molecule has 4 fully saturated rings. The summed E-state index contributed by atoms with van der Waals surface area (Å²) in [5.74, 6) is -0.593. The quantitative estimate of drug-likeness (QED) is 0.195. The molecule has 0 aromatic heterocycles. The van der Waals surface area contributed by atoms with Crippen molar-refractivity contribution in [1.29, 1.82) is 0 Å². The molecule has 33 heavy (non-hydrogen) atoms. The monoisotopic (exact) mass is 474 g/mol. The first kappa shape index (κ1) is 23.7. The molecule has 12 heteroatoms. The maximum Gasteiger partial charge on any atom is 0.187 e. The summed E-state index contributed by atoms with van der Waals surface area (Å²) < 4.78 is 23.3. The Morgan fingerprint density at radius 3 is 2.33 bits per heavy atom. The van der Waals surface area contributed by atoms with Crippen molar-refractivity contribution in [3.05, 3.63) is 11.6 Å². The number of rotatable bonds is 4. The van der Waals surface area contributed by atoms with Gasteiger partial charge in [0.2, 0.25) is 0 Å². The molecule has 5 aliphatic rings. The Bertz CT molecular complexity index is 856. The molecule has 0 radical (unpaired) electrons. The first-order valence-electron chi connectivity index (χ1n) is 11.0. The van der Waals surface area contributed by atoms with Gasteiger partial charge in [0.1, 0.15) is 48.3 Å². The lowest BCUT2D eigenvalue weighted by molar-refractivity contribution is -0.322. The molecule has 3 aliphatic heterocycles. The van der Waals surface area contributed by atoms with Crippen LogP contribution in [0.2, 0.25) is 0 Å². The summed E-state index contributed by atoms with van der Waals surface area (Å²) in [5.41, 5.74) is -3.98. The van der Waals surface area contributed by atoms with Crippen molar-refractivity contribution in [2.24, 2.45) is 10.8 Å². The average Bonchev–Trinajstić information content (AvgIpc) is 3.58. The second-order valence-corrected chi connectivity index (χ2v) is 9.92. The number of Topliss-reactive ketones (excluding diaryl/α,β-unsaturated/α-hetero) is 1. The van der Waals surface area contributed by atoms with Crippen LogP contribution in [0.4, 0.5) is 0 Å². The van der Waals surface area contributed by atoms with Crippen LogP contribution in [-0.2, 0) is 23.7 Å². The van der Waals surface area contributed by atoms with Crippen molar-refractivity contribution in [2.45, 2.75) is 80.7 Å². The number of ketones is 1. The van der Waals surface area contributed by atoms with Crippen molar-refractivity contribution >= 4 is 5.78 Å². The van der Waals surface area contributed by atoms with Gasteiger partial charge >= 0.3 is 0 Å². The van der Waals surface area contributed by atoms with Crippen LogP contribution in [0, 0.1) is 10.8 Å². The zero-order valence-corrected chi connectivity index (χ0v) is 18.1. The highest BCUT2D eigenvalue weighted by atomic mass is 16.7. The van der Waals surface area contributed by atoms with Crippen LogP contribution in [0.3, 0.4) is 0 Å². The second-order valence-electron chi connectivity index (χ2n) is 9.92. The van der Waals surface area contributed by atoms with Crippen LogP contribution in [0.15, 0.2) is 11.6 Å². The van der Waals surface area contributed by atoms with Crippen LogP contribution in [-0.4, -0.2) is 128 Å². The molecule has 13 atom stereocenters. The predicted octanol–water partition coefficient (Wildman–Crippen LogP) is -4.04. The van der Waals surface area contributed by atoms with E-state index in [9.17, 15) is 40.5 Å². The van der Waals surface area contributed by atoms with Crippen LogP contribution in [0.5, 0.6) is 0 Å². The minimum absolute atomic E-state index is 0.109. The third-order valence-corrected chi connectivity index (χ3v) is 8.69. The summed E-state index contributed by atoms with van der Waals surface area (Å²) in [4.78, 5) is 12.7. The van der Waals surface area contributed by atoms with Crippen LogP contribution < -0.4 is 0 Å². The highest BCUT2D eigenvalue weighted by Gasteiger charge is 2.87. The Morgan fingerprint density at radius 2 is 1.76 bits per heavy atom. The van der Waals surface area contributed by atoms with E-state index in [1.165, 1.54) is 13.0 Å². The molecule has 2 bridgehead atoms. The largest absolute Gasteiger partial charge is 0.396 e. The molecule has 186 valence electrons. The maximum absolute atomic E-state index is 12.7. The van der Waals surface area contributed by atoms with Crippen molar-refractivity contribution in [3.8, 4) is 0 Å². The number of ether oxygens (including phenoxy) is 4. The number of carbonyl (C=O) groups excluding carboxylic acids is 1. The zero-order chi connectivity index (χ0) is 24.1. The van der Waals surface area contributed by atoms with Crippen molar-refractivity contribution in [3.63, 3.8) is 0 Å². The van der Waals surface area contributed by atoms with E-state index >= 15 is 0 Å². The van der Waals surface area contributed by atoms with E-state index < -0.39 is 96.7 Å². The predicted molar refractivity (Wildman–Crippen MR) is 104 cm³/mol. The fourth-order valence-corrected chi connectivity index (χ4v) is 6.49. The summed E-state index contributed by atoms with van der Waals surface area (Å²) in [5, 5.41) is 73.0. The Balaban J connectivity index is 1.54. The molecular weight excluding hydrogens is 444 g/mol. The molecular formula is C21H30O12. The second kappa shape index (κ2) is 7.48. The number of aliphatic hydroxyl groups is 7. The van der Waals surface area contributed by atoms with Gasteiger partial charge in [0, 0.05) is 5.41 Å². The van der Waals surface area contributed by atoms with Gasteiger partial charge in [-0.1, -0.05) is 6.92 Å². The lowest BCUT2D eigenvalue weighted by Gasteiger charge is -2.58. The zero-order valence-electron chi connectivity index (χ0n) is 18.1. The summed E-state index contributed by atoms with van der Waals surface area (Å²) in [7, 11) is 0. The first-order valence-corrected chi connectivity index (χ1v) is 11.0. The van der Waals surface area contributed by atoms with E-state index in [1.54, 1.807) is 6.92 Å². The van der Waals surface area contributed by atoms with Crippen LogP contribution >= 0.6 is 0 Å². The number of carbonyl (C=O) groups is 1. The minimum atomic E-state index is -1.71. The molecule has 2 aliphatic carbocycles. The Labute approximate surface area is 188 Å². The van der Waals surface area contributed by atoms with Crippen LogP contribution in [0.25, 0.3) is 0 Å².